The van der Waals surface area contributed by atoms with Gasteiger partial charge in [0.1, 0.15) is 11.7 Å². The molecule has 1 heterocycles. The van der Waals surface area contributed by atoms with E-state index in [0.717, 1.165) is 16.9 Å². The Bertz CT molecular complexity index is 868. The van der Waals surface area contributed by atoms with Gasteiger partial charge < -0.3 is 10.2 Å². The van der Waals surface area contributed by atoms with Crippen LogP contribution in [0.2, 0.25) is 0 Å². The van der Waals surface area contributed by atoms with Crippen LogP contribution in [-0.2, 0) is 15.0 Å². The maximum atomic E-state index is 12.8. The van der Waals surface area contributed by atoms with Gasteiger partial charge in [-0.25, -0.2) is 4.68 Å². The van der Waals surface area contributed by atoms with E-state index in [1.165, 1.54) is 4.90 Å². The highest BCUT2D eigenvalue weighted by atomic mass is 35.5. The zero-order chi connectivity index (χ0) is 21.8. The van der Waals surface area contributed by atoms with Crippen LogP contribution in [0.3, 0.4) is 0 Å². The van der Waals surface area contributed by atoms with Gasteiger partial charge in [-0.05, 0) is 24.5 Å². The number of nitrogens with one attached hydrogen (secondary N) is 1. The molecule has 158 valence electrons. The number of carbonyl (C=O) groups is 2. The fourth-order valence-corrected chi connectivity index (χ4v) is 3.13. The van der Waals surface area contributed by atoms with Crippen molar-refractivity contribution in [3.63, 3.8) is 0 Å². The average molecular weight is 419 g/mol. The Kier molecular flexibility index (Phi) is 7.47. The van der Waals surface area contributed by atoms with E-state index in [0.29, 0.717) is 12.4 Å². The Hall–Kier alpha value is -2.34. The van der Waals surface area contributed by atoms with Gasteiger partial charge in [0.2, 0.25) is 11.8 Å². The normalized spacial score (nSPS) is 11.6. The van der Waals surface area contributed by atoms with Crippen molar-refractivity contribution in [1.82, 2.24) is 14.7 Å². The first kappa shape index (κ1) is 22.9. The number of para-hydroxylation sites is 1. The quantitative estimate of drug-likeness (QED) is 0.687. The third-order valence-corrected chi connectivity index (χ3v) is 4.70. The van der Waals surface area contributed by atoms with Gasteiger partial charge >= 0.3 is 0 Å². The van der Waals surface area contributed by atoms with Crippen molar-refractivity contribution >= 4 is 29.2 Å². The Labute approximate surface area is 178 Å². The Morgan fingerprint density at radius 3 is 2.45 bits per heavy atom. The highest BCUT2D eigenvalue weighted by molar-refractivity contribution is 6.27. The van der Waals surface area contributed by atoms with Crippen LogP contribution in [0.25, 0.3) is 5.69 Å². The molecule has 0 atom stereocenters. The van der Waals surface area contributed by atoms with Crippen LogP contribution in [0.15, 0.2) is 30.3 Å². The van der Waals surface area contributed by atoms with Crippen LogP contribution in [-0.4, -0.2) is 45.5 Å². The van der Waals surface area contributed by atoms with Gasteiger partial charge in [0, 0.05) is 18.0 Å². The average Bonchev–Trinajstić information content (AvgIpc) is 3.04. The van der Waals surface area contributed by atoms with Crippen molar-refractivity contribution in [2.24, 2.45) is 5.92 Å². The van der Waals surface area contributed by atoms with E-state index in [1.807, 2.05) is 51.1 Å². The van der Waals surface area contributed by atoms with Gasteiger partial charge in [-0.15, -0.1) is 11.6 Å². The number of aryl methyl sites for hydroxylation is 1. The van der Waals surface area contributed by atoms with Crippen molar-refractivity contribution in [2.45, 2.75) is 47.0 Å². The second kappa shape index (κ2) is 9.44. The molecule has 29 heavy (non-hydrogen) atoms. The predicted octanol–water partition coefficient (Wildman–Crippen LogP) is 4.14. The minimum atomic E-state index is -0.278. The van der Waals surface area contributed by atoms with Crippen molar-refractivity contribution in [1.29, 1.82) is 0 Å². The second-order valence-electron chi connectivity index (χ2n) is 8.71. The number of carbonyl (C=O) groups excluding carboxylic acids is 2. The van der Waals surface area contributed by atoms with Crippen molar-refractivity contribution < 1.29 is 9.59 Å². The Morgan fingerprint density at radius 2 is 1.90 bits per heavy atom. The molecule has 1 aromatic carbocycles. The zero-order valence-corrected chi connectivity index (χ0v) is 18.9. The van der Waals surface area contributed by atoms with Crippen LogP contribution in [0.5, 0.6) is 0 Å². The summed E-state index contributed by atoms with van der Waals surface area (Å²) in [7, 11) is 0. The SMILES string of the molecule is Cc1ccccc1-n1nc(C(C)(C)C)cc1NC(=O)CN(CC(C)C)C(=O)CCl. The molecule has 0 spiro atoms. The van der Waals surface area contributed by atoms with Crippen LogP contribution in [0.4, 0.5) is 5.82 Å². The fraction of sp³-hybridized carbons (Fsp3) is 0.500. The number of amides is 2. The lowest BCUT2D eigenvalue weighted by atomic mass is 9.92. The van der Waals surface area contributed by atoms with Gasteiger partial charge in [-0.3, -0.25) is 9.59 Å². The summed E-state index contributed by atoms with van der Waals surface area (Å²) in [4.78, 5) is 26.4. The van der Waals surface area contributed by atoms with E-state index >= 15 is 0 Å². The van der Waals surface area contributed by atoms with Gasteiger partial charge in [0.15, 0.2) is 0 Å². The first-order valence-electron chi connectivity index (χ1n) is 9.83. The number of aromatic nitrogens is 2. The number of benzene rings is 1. The minimum Gasteiger partial charge on any atom is -0.332 e. The largest absolute Gasteiger partial charge is 0.332 e. The topological polar surface area (TPSA) is 67.2 Å². The summed E-state index contributed by atoms with van der Waals surface area (Å²) in [5, 5.41) is 7.68. The number of anilines is 1. The van der Waals surface area contributed by atoms with Gasteiger partial charge in [-0.1, -0.05) is 52.8 Å². The molecule has 7 heteroatoms. The third-order valence-electron chi connectivity index (χ3n) is 4.48. The lowest BCUT2D eigenvalue weighted by Gasteiger charge is -2.23. The molecule has 0 bridgehead atoms. The highest BCUT2D eigenvalue weighted by Gasteiger charge is 2.23. The van der Waals surface area contributed by atoms with E-state index in [4.69, 9.17) is 16.7 Å². The van der Waals surface area contributed by atoms with Crippen LogP contribution in [0.1, 0.15) is 45.9 Å². The molecule has 0 aliphatic heterocycles. The molecule has 2 aromatic rings. The van der Waals surface area contributed by atoms with Gasteiger partial charge in [0.25, 0.3) is 0 Å². The molecule has 0 aliphatic carbocycles. The number of hydrogen-bond acceptors (Lipinski definition) is 3. The standard InChI is InChI=1S/C22H31ClN4O2/c1-15(2)13-26(21(29)12-23)14-20(28)24-19-11-18(22(4,5)6)25-27(19)17-10-8-7-9-16(17)3/h7-11,15H,12-14H2,1-6H3,(H,24,28). The van der Waals surface area contributed by atoms with Gasteiger partial charge in [0.05, 0.1) is 17.9 Å². The number of halogens is 1. The predicted molar refractivity (Wildman–Crippen MR) is 118 cm³/mol. The smallest absolute Gasteiger partial charge is 0.245 e. The summed E-state index contributed by atoms with van der Waals surface area (Å²) < 4.78 is 1.75. The molecule has 0 fully saturated rings. The van der Waals surface area contributed by atoms with E-state index in [2.05, 4.69) is 26.1 Å². The summed E-state index contributed by atoms with van der Waals surface area (Å²) in [5.41, 5.74) is 2.64. The zero-order valence-electron chi connectivity index (χ0n) is 18.1. The van der Waals surface area contributed by atoms with E-state index in [9.17, 15) is 9.59 Å². The molecule has 0 aliphatic rings. The summed E-state index contributed by atoms with van der Waals surface area (Å²) in [6.45, 7) is 12.6. The number of hydrogen-bond donors (Lipinski definition) is 1. The molecule has 0 saturated heterocycles. The van der Waals surface area contributed by atoms with Gasteiger partial charge in [-0.2, -0.15) is 5.10 Å². The molecule has 0 radical (unpaired) electrons. The molecular formula is C22H31ClN4O2. The summed E-state index contributed by atoms with van der Waals surface area (Å²) in [6.07, 6.45) is 0. The van der Waals surface area contributed by atoms with Crippen molar-refractivity contribution in [3.05, 3.63) is 41.6 Å². The third kappa shape index (κ3) is 6.07. The molecule has 2 amide bonds. The first-order chi connectivity index (χ1) is 13.5. The summed E-state index contributed by atoms with van der Waals surface area (Å²) >= 11 is 5.71. The van der Waals surface area contributed by atoms with Crippen molar-refractivity contribution in [2.75, 3.05) is 24.3 Å². The molecule has 6 nitrogen and oxygen atoms in total. The maximum absolute atomic E-state index is 12.8. The summed E-state index contributed by atoms with van der Waals surface area (Å²) in [6, 6.07) is 9.76. The lowest BCUT2D eigenvalue weighted by molar-refractivity contribution is -0.133. The maximum Gasteiger partial charge on any atom is 0.245 e. The van der Waals surface area contributed by atoms with Crippen LogP contribution in [0, 0.1) is 12.8 Å². The van der Waals surface area contributed by atoms with Crippen LogP contribution < -0.4 is 5.32 Å². The fourth-order valence-electron chi connectivity index (χ4n) is 2.96. The Morgan fingerprint density at radius 1 is 1.24 bits per heavy atom. The first-order valence-corrected chi connectivity index (χ1v) is 10.4. The number of nitrogens with zero attached hydrogens (tertiary/aromatic N) is 3. The lowest BCUT2D eigenvalue weighted by Crippen LogP contribution is -2.41. The van der Waals surface area contributed by atoms with E-state index < -0.39 is 0 Å². The molecule has 1 aromatic heterocycles. The molecule has 0 unspecified atom stereocenters. The second-order valence-corrected chi connectivity index (χ2v) is 8.98. The number of rotatable bonds is 7. The summed E-state index contributed by atoms with van der Waals surface area (Å²) in [5.74, 6) is 0.143. The monoisotopic (exact) mass is 418 g/mol. The van der Waals surface area contributed by atoms with E-state index in [1.54, 1.807) is 4.68 Å². The van der Waals surface area contributed by atoms with Crippen LogP contribution >= 0.6 is 11.6 Å². The molecular weight excluding hydrogens is 388 g/mol. The minimum absolute atomic E-state index is 0.0481. The Balaban J connectivity index is 2.33. The number of alkyl halides is 1. The van der Waals surface area contributed by atoms with Crippen molar-refractivity contribution in [3.8, 4) is 5.69 Å². The highest BCUT2D eigenvalue weighted by Crippen LogP contribution is 2.27. The van der Waals surface area contributed by atoms with E-state index in [-0.39, 0.29) is 35.6 Å². The molecule has 1 N–H and O–H groups in total. The molecule has 2 rings (SSSR count). The molecule has 0 saturated carbocycles.